The van der Waals surface area contributed by atoms with Crippen LogP contribution < -0.4 is 4.74 Å². The molecule has 1 aliphatic heterocycles. The lowest BCUT2D eigenvalue weighted by Crippen LogP contribution is -2.51. The first-order chi connectivity index (χ1) is 16.4. The van der Waals surface area contributed by atoms with Gasteiger partial charge in [0.25, 0.3) is 0 Å². The Kier molecular flexibility index (Phi) is 6.56. The first-order valence-corrected chi connectivity index (χ1v) is 10.9. The standard InChI is InChI=1S/C25H27N3O6/c1-27(31)24(30)28-15-13-25(14-16-28,23(29)33-3)22-26-20(17-9-11-19(32-2)12-10-17)21(34-22)18-7-5-4-6-8-18/h4-12,31H,13-16H2,1-3H3. The van der Waals surface area contributed by atoms with Crippen LogP contribution in [0.1, 0.15) is 18.7 Å². The predicted octanol–water partition coefficient (Wildman–Crippen LogP) is 3.96. The summed E-state index contributed by atoms with van der Waals surface area (Å²) in [4.78, 5) is 31.6. The van der Waals surface area contributed by atoms with Crippen LogP contribution in [-0.2, 0) is 14.9 Å². The van der Waals surface area contributed by atoms with Gasteiger partial charge in [-0.15, -0.1) is 0 Å². The molecule has 0 bridgehead atoms. The number of urea groups is 1. The number of nitrogens with zero attached hydrogens (tertiary/aromatic N) is 3. The second-order valence-corrected chi connectivity index (χ2v) is 8.16. The molecule has 0 aliphatic carbocycles. The molecule has 0 unspecified atom stereocenters. The van der Waals surface area contributed by atoms with E-state index in [9.17, 15) is 14.8 Å². The van der Waals surface area contributed by atoms with E-state index in [4.69, 9.17) is 18.9 Å². The maximum absolute atomic E-state index is 13.1. The van der Waals surface area contributed by atoms with Crippen LogP contribution in [0.4, 0.5) is 4.79 Å². The summed E-state index contributed by atoms with van der Waals surface area (Å²) in [5.41, 5.74) is 1.07. The summed E-state index contributed by atoms with van der Waals surface area (Å²) >= 11 is 0. The number of aromatic nitrogens is 1. The third-order valence-electron chi connectivity index (χ3n) is 6.18. The fourth-order valence-electron chi connectivity index (χ4n) is 4.24. The normalized spacial score (nSPS) is 15.0. The Hall–Kier alpha value is -3.85. The second kappa shape index (κ2) is 9.56. The average Bonchev–Trinajstić information content (AvgIpc) is 3.34. The number of esters is 1. The van der Waals surface area contributed by atoms with Gasteiger partial charge in [0.05, 0.1) is 14.2 Å². The number of hydrogen-bond acceptors (Lipinski definition) is 7. The minimum atomic E-state index is -1.16. The predicted molar refractivity (Wildman–Crippen MR) is 123 cm³/mol. The van der Waals surface area contributed by atoms with Crippen molar-refractivity contribution >= 4 is 12.0 Å². The highest BCUT2D eigenvalue weighted by molar-refractivity contribution is 5.84. The number of likely N-dealkylation sites (tertiary alicyclic amines) is 1. The monoisotopic (exact) mass is 465 g/mol. The van der Waals surface area contributed by atoms with Crippen LogP contribution in [0.15, 0.2) is 59.0 Å². The summed E-state index contributed by atoms with van der Waals surface area (Å²) in [5.74, 6) is 1.02. The van der Waals surface area contributed by atoms with E-state index in [1.165, 1.54) is 19.1 Å². The van der Waals surface area contributed by atoms with Crippen LogP contribution >= 0.6 is 0 Å². The molecule has 3 aromatic rings. The van der Waals surface area contributed by atoms with Crippen molar-refractivity contribution in [3.05, 3.63) is 60.5 Å². The van der Waals surface area contributed by atoms with E-state index in [1.54, 1.807) is 7.11 Å². The van der Waals surface area contributed by atoms with Gasteiger partial charge in [-0.3, -0.25) is 10.0 Å². The van der Waals surface area contributed by atoms with Crippen molar-refractivity contribution in [2.24, 2.45) is 0 Å². The Balaban J connectivity index is 1.79. The molecule has 0 saturated carbocycles. The topological polar surface area (TPSA) is 105 Å². The minimum Gasteiger partial charge on any atom is -0.497 e. The molecule has 34 heavy (non-hydrogen) atoms. The lowest BCUT2D eigenvalue weighted by molar-refractivity contribution is -0.150. The van der Waals surface area contributed by atoms with Gasteiger partial charge >= 0.3 is 12.0 Å². The molecule has 2 aromatic carbocycles. The lowest BCUT2D eigenvalue weighted by atomic mass is 9.78. The summed E-state index contributed by atoms with van der Waals surface area (Å²) in [5, 5.41) is 10.0. The molecule has 1 aliphatic rings. The summed E-state index contributed by atoms with van der Waals surface area (Å²) < 4.78 is 16.7. The average molecular weight is 466 g/mol. The van der Waals surface area contributed by atoms with E-state index >= 15 is 0 Å². The number of carbonyl (C=O) groups is 2. The number of hydrogen-bond donors (Lipinski definition) is 1. The molecule has 9 nitrogen and oxygen atoms in total. The highest BCUT2D eigenvalue weighted by atomic mass is 16.5. The number of methoxy groups -OCH3 is 2. The van der Waals surface area contributed by atoms with Crippen LogP contribution in [0, 0.1) is 0 Å². The first-order valence-electron chi connectivity index (χ1n) is 10.9. The highest BCUT2D eigenvalue weighted by Crippen LogP contribution is 2.42. The zero-order chi connectivity index (χ0) is 24.3. The van der Waals surface area contributed by atoms with Crippen molar-refractivity contribution < 1.29 is 28.7 Å². The molecule has 4 rings (SSSR count). The summed E-state index contributed by atoms with van der Waals surface area (Å²) in [6.07, 6.45) is 0.492. The largest absolute Gasteiger partial charge is 0.497 e. The van der Waals surface area contributed by atoms with Gasteiger partial charge in [-0.05, 0) is 37.1 Å². The molecule has 0 atom stereocenters. The zero-order valence-electron chi connectivity index (χ0n) is 19.4. The quantitative estimate of drug-likeness (QED) is 0.345. The molecule has 9 heteroatoms. The Morgan fingerprint density at radius 2 is 1.68 bits per heavy atom. The second-order valence-electron chi connectivity index (χ2n) is 8.16. The van der Waals surface area contributed by atoms with E-state index in [0.717, 1.165) is 11.1 Å². The number of hydroxylamine groups is 2. The molecule has 0 spiro atoms. The third-order valence-corrected chi connectivity index (χ3v) is 6.18. The number of carbonyl (C=O) groups excluding carboxylic acids is 2. The molecule has 2 heterocycles. The number of oxazole rings is 1. The number of benzene rings is 2. The summed E-state index contributed by atoms with van der Waals surface area (Å²) in [7, 11) is 4.20. The van der Waals surface area contributed by atoms with Gasteiger partial charge in [-0.1, -0.05) is 30.3 Å². The fraction of sp³-hybridized carbons (Fsp3) is 0.320. The number of piperidine rings is 1. The van der Waals surface area contributed by atoms with Crippen LogP contribution in [0.25, 0.3) is 22.6 Å². The third kappa shape index (κ3) is 4.22. The number of ether oxygens (including phenoxy) is 2. The Morgan fingerprint density at radius 3 is 2.24 bits per heavy atom. The molecule has 1 fully saturated rings. The molecular formula is C25H27N3O6. The van der Waals surface area contributed by atoms with Crippen molar-refractivity contribution in [1.29, 1.82) is 0 Å². The van der Waals surface area contributed by atoms with Crippen LogP contribution in [0.3, 0.4) is 0 Å². The number of rotatable bonds is 5. The van der Waals surface area contributed by atoms with Crippen molar-refractivity contribution in [1.82, 2.24) is 14.9 Å². The molecule has 0 radical (unpaired) electrons. The van der Waals surface area contributed by atoms with Crippen LogP contribution in [-0.4, -0.2) is 66.5 Å². The van der Waals surface area contributed by atoms with Crippen molar-refractivity contribution in [2.45, 2.75) is 18.3 Å². The van der Waals surface area contributed by atoms with E-state index in [-0.39, 0.29) is 31.8 Å². The van der Waals surface area contributed by atoms with E-state index in [2.05, 4.69) is 0 Å². The number of amides is 2. The molecule has 1 saturated heterocycles. The van der Waals surface area contributed by atoms with Crippen molar-refractivity contribution in [3.8, 4) is 28.3 Å². The van der Waals surface area contributed by atoms with Gasteiger partial charge < -0.3 is 18.8 Å². The van der Waals surface area contributed by atoms with Crippen LogP contribution in [0.5, 0.6) is 5.75 Å². The van der Waals surface area contributed by atoms with Gasteiger partial charge in [0.1, 0.15) is 16.9 Å². The van der Waals surface area contributed by atoms with Gasteiger partial charge in [-0.25, -0.2) is 14.8 Å². The SMILES string of the molecule is COC(=O)C1(c2nc(-c3ccc(OC)cc3)c(-c3ccccc3)o2)CCN(C(=O)N(C)O)CC1. The molecule has 1 N–H and O–H groups in total. The van der Waals surface area contributed by atoms with Gasteiger partial charge in [0.15, 0.2) is 5.76 Å². The molecule has 178 valence electrons. The van der Waals surface area contributed by atoms with Crippen molar-refractivity contribution in [3.63, 3.8) is 0 Å². The summed E-state index contributed by atoms with van der Waals surface area (Å²) in [6.45, 7) is 0.472. The van der Waals surface area contributed by atoms with E-state index < -0.39 is 17.4 Å². The minimum absolute atomic E-state index is 0.236. The van der Waals surface area contributed by atoms with E-state index in [1.807, 2.05) is 54.6 Å². The summed E-state index contributed by atoms with van der Waals surface area (Å²) in [6, 6.07) is 16.5. The fourth-order valence-corrected chi connectivity index (χ4v) is 4.24. The highest BCUT2D eigenvalue weighted by Gasteiger charge is 2.49. The maximum Gasteiger partial charge on any atom is 0.343 e. The molecule has 2 amide bonds. The molecule has 1 aromatic heterocycles. The van der Waals surface area contributed by atoms with Gasteiger partial charge in [-0.2, -0.15) is 0 Å². The van der Waals surface area contributed by atoms with Crippen molar-refractivity contribution in [2.75, 3.05) is 34.4 Å². The van der Waals surface area contributed by atoms with Crippen LogP contribution in [0.2, 0.25) is 0 Å². The molecular weight excluding hydrogens is 438 g/mol. The first kappa shape index (κ1) is 23.3. The lowest BCUT2D eigenvalue weighted by Gasteiger charge is -2.38. The van der Waals surface area contributed by atoms with Gasteiger partial charge in [0.2, 0.25) is 5.89 Å². The Morgan fingerprint density at radius 1 is 1.03 bits per heavy atom. The smallest absolute Gasteiger partial charge is 0.343 e. The maximum atomic E-state index is 13.1. The van der Waals surface area contributed by atoms with E-state index in [0.29, 0.717) is 22.3 Å². The zero-order valence-corrected chi connectivity index (χ0v) is 19.4. The Bertz CT molecular complexity index is 1150. The van der Waals surface area contributed by atoms with Gasteiger partial charge in [0, 0.05) is 31.3 Å². The Labute approximate surface area is 197 Å².